The molecule has 1 heterocycles. The van der Waals surface area contributed by atoms with Crippen LogP contribution in [0.5, 0.6) is 0 Å². The van der Waals surface area contributed by atoms with E-state index in [1.807, 2.05) is 13.8 Å². The molecule has 1 aliphatic heterocycles. The van der Waals surface area contributed by atoms with E-state index in [0.717, 1.165) is 38.4 Å². The molecule has 2 N–H and O–H groups in total. The first-order valence-electron chi connectivity index (χ1n) is 8.39. The normalized spacial score (nSPS) is 23.8. The van der Waals surface area contributed by atoms with Crippen LogP contribution in [0.4, 0.5) is 8.78 Å². The standard InChI is InChI=1S/C18H24F2N2O/c1-11(2)16(13-4-3-12(19)9-15(13)20)22-17(23)14-10-18(14)5-7-21-8-6-18/h3-4,9,11,14,16,21H,5-8,10H2,1-2H3,(H,22,23). The molecule has 1 aromatic carbocycles. The molecule has 1 saturated carbocycles. The van der Waals surface area contributed by atoms with E-state index in [2.05, 4.69) is 10.6 Å². The number of hydrogen-bond donors (Lipinski definition) is 2. The van der Waals surface area contributed by atoms with Crippen LogP contribution >= 0.6 is 0 Å². The predicted molar refractivity (Wildman–Crippen MR) is 84.7 cm³/mol. The van der Waals surface area contributed by atoms with Crippen LogP contribution in [-0.4, -0.2) is 19.0 Å². The molecule has 0 bridgehead atoms. The molecular formula is C18H24F2N2O. The van der Waals surface area contributed by atoms with Crippen molar-refractivity contribution < 1.29 is 13.6 Å². The molecule has 2 aliphatic rings. The Morgan fingerprint density at radius 2 is 2.00 bits per heavy atom. The van der Waals surface area contributed by atoms with Crippen molar-refractivity contribution in [2.45, 2.75) is 39.2 Å². The van der Waals surface area contributed by atoms with Crippen molar-refractivity contribution in [3.63, 3.8) is 0 Å². The minimum absolute atomic E-state index is 0.00863. The summed E-state index contributed by atoms with van der Waals surface area (Å²) in [5.41, 5.74) is 0.507. The minimum Gasteiger partial charge on any atom is -0.349 e. The maximum atomic E-state index is 14.1. The molecular weight excluding hydrogens is 298 g/mol. The first-order chi connectivity index (χ1) is 10.9. The van der Waals surface area contributed by atoms with Gasteiger partial charge in [-0.25, -0.2) is 8.78 Å². The SMILES string of the molecule is CC(C)C(NC(=O)C1CC12CCNCC2)c1ccc(F)cc1F. The average Bonchev–Trinajstić information content (AvgIpc) is 3.19. The summed E-state index contributed by atoms with van der Waals surface area (Å²) < 4.78 is 27.2. The van der Waals surface area contributed by atoms with Crippen molar-refractivity contribution in [3.05, 3.63) is 35.4 Å². The Kier molecular flexibility index (Phi) is 4.41. The maximum Gasteiger partial charge on any atom is 0.224 e. The van der Waals surface area contributed by atoms with E-state index in [0.29, 0.717) is 5.56 Å². The maximum absolute atomic E-state index is 14.1. The van der Waals surface area contributed by atoms with Gasteiger partial charge < -0.3 is 10.6 Å². The van der Waals surface area contributed by atoms with Gasteiger partial charge in [0.15, 0.2) is 0 Å². The minimum atomic E-state index is -0.601. The van der Waals surface area contributed by atoms with Gasteiger partial charge in [-0.1, -0.05) is 19.9 Å². The van der Waals surface area contributed by atoms with E-state index in [1.165, 1.54) is 12.1 Å². The summed E-state index contributed by atoms with van der Waals surface area (Å²) in [7, 11) is 0. The van der Waals surface area contributed by atoms with E-state index >= 15 is 0 Å². The predicted octanol–water partition coefficient (Wildman–Crippen LogP) is 3.17. The molecule has 2 fully saturated rings. The van der Waals surface area contributed by atoms with Crippen molar-refractivity contribution in [2.75, 3.05) is 13.1 Å². The third kappa shape index (κ3) is 3.25. The van der Waals surface area contributed by atoms with Crippen molar-refractivity contribution in [3.8, 4) is 0 Å². The summed E-state index contributed by atoms with van der Waals surface area (Å²) in [6, 6.07) is 3.12. The lowest BCUT2D eigenvalue weighted by Gasteiger charge is -2.26. The molecule has 1 spiro atoms. The van der Waals surface area contributed by atoms with Crippen LogP contribution in [0.1, 0.15) is 44.7 Å². The number of carbonyl (C=O) groups excluding carboxylic acids is 1. The molecule has 3 rings (SSSR count). The quantitative estimate of drug-likeness (QED) is 0.894. The van der Waals surface area contributed by atoms with Gasteiger partial charge in [0.05, 0.1) is 6.04 Å². The van der Waals surface area contributed by atoms with E-state index in [1.54, 1.807) is 0 Å². The van der Waals surface area contributed by atoms with Crippen molar-refractivity contribution in [1.82, 2.24) is 10.6 Å². The topological polar surface area (TPSA) is 41.1 Å². The second-order valence-electron chi connectivity index (χ2n) is 7.27. The fraction of sp³-hybridized carbons (Fsp3) is 0.611. The molecule has 0 aromatic heterocycles. The van der Waals surface area contributed by atoms with Crippen molar-refractivity contribution in [2.24, 2.45) is 17.3 Å². The molecule has 0 radical (unpaired) electrons. The zero-order valence-electron chi connectivity index (χ0n) is 13.7. The zero-order chi connectivity index (χ0) is 16.6. The first-order valence-corrected chi connectivity index (χ1v) is 8.39. The van der Waals surface area contributed by atoms with Crippen LogP contribution in [0.2, 0.25) is 0 Å². The van der Waals surface area contributed by atoms with Gasteiger partial charge in [0.25, 0.3) is 0 Å². The highest BCUT2D eigenvalue weighted by atomic mass is 19.1. The molecule has 5 heteroatoms. The van der Waals surface area contributed by atoms with Crippen LogP contribution in [-0.2, 0) is 4.79 Å². The number of nitrogens with one attached hydrogen (secondary N) is 2. The Morgan fingerprint density at radius 1 is 1.30 bits per heavy atom. The number of benzene rings is 1. The van der Waals surface area contributed by atoms with Gasteiger partial charge >= 0.3 is 0 Å². The Balaban J connectivity index is 1.72. The molecule has 1 saturated heterocycles. The largest absolute Gasteiger partial charge is 0.349 e. The van der Waals surface area contributed by atoms with Crippen molar-refractivity contribution >= 4 is 5.91 Å². The van der Waals surface area contributed by atoms with Crippen LogP contribution in [0.3, 0.4) is 0 Å². The number of halogens is 2. The number of carbonyl (C=O) groups is 1. The molecule has 1 aliphatic carbocycles. The van der Waals surface area contributed by atoms with Gasteiger partial charge in [0.1, 0.15) is 11.6 Å². The molecule has 23 heavy (non-hydrogen) atoms. The number of piperidine rings is 1. The molecule has 126 valence electrons. The van der Waals surface area contributed by atoms with Gasteiger partial charge in [-0.05, 0) is 49.8 Å². The highest BCUT2D eigenvalue weighted by Crippen LogP contribution is 2.58. The Hall–Kier alpha value is -1.49. The molecule has 3 nitrogen and oxygen atoms in total. The monoisotopic (exact) mass is 322 g/mol. The van der Waals surface area contributed by atoms with Crippen LogP contribution in [0.15, 0.2) is 18.2 Å². The van der Waals surface area contributed by atoms with Gasteiger partial charge in [-0.3, -0.25) is 4.79 Å². The van der Waals surface area contributed by atoms with Gasteiger partial charge in [-0.15, -0.1) is 0 Å². The van der Waals surface area contributed by atoms with E-state index < -0.39 is 17.7 Å². The highest BCUT2D eigenvalue weighted by Gasteiger charge is 2.57. The molecule has 1 amide bonds. The number of rotatable bonds is 4. The Morgan fingerprint density at radius 3 is 2.61 bits per heavy atom. The van der Waals surface area contributed by atoms with E-state index in [-0.39, 0.29) is 23.2 Å². The average molecular weight is 322 g/mol. The third-order valence-electron chi connectivity index (χ3n) is 5.37. The zero-order valence-corrected chi connectivity index (χ0v) is 13.7. The fourth-order valence-electron chi connectivity index (χ4n) is 3.81. The van der Waals surface area contributed by atoms with Crippen LogP contribution < -0.4 is 10.6 Å². The lowest BCUT2D eigenvalue weighted by molar-refractivity contribution is -0.124. The Bertz CT molecular complexity index is 597. The summed E-state index contributed by atoms with van der Waals surface area (Å²) in [6.45, 7) is 5.79. The van der Waals surface area contributed by atoms with Crippen molar-refractivity contribution in [1.29, 1.82) is 0 Å². The lowest BCUT2D eigenvalue weighted by Crippen LogP contribution is -2.37. The number of hydrogen-bond acceptors (Lipinski definition) is 2. The molecule has 2 atom stereocenters. The van der Waals surface area contributed by atoms with Gasteiger partial charge in [0, 0.05) is 17.5 Å². The smallest absolute Gasteiger partial charge is 0.224 e. The second-order valence-corrected chi connectivity index (χ2v) is 7.27. The second kappa shape index (κ2) is 6.19. The van der Waals surface area contributed by atoms with E-state index in [4.69, 9.17) is 0 Å². The summed E-state index contributed by atoms with van der Waals surface area (Å²) in [4.78, 5) is 12.6. The summed E-state index contributed by atoms with van der Waals surface area (Å²) >= 11 is 0. The number of amides is 1. The van der Waals surface area contributed by atoms with Crippen LogP contribution in [0, 0.1) is 28.9 Å². The van der Waals surface area contributed by atoms with Crippen LogP contribution in [0.25, 0.3) is 0 Å². The summed E-state index contributed by atoms with van der Waals surface area (Å²) in [5.74, 6) is -1.13. The first kappa shape index (κ1) is 16.4. The molecule has 1 aromatic rings. The third-order valence-corrected chi connectivity index (χ3v) is 5.37. The Labute approximate surface area is 135 Å². The fourth-order valence-corrected chi connectivity index (χ4v) is 3.81. The summed E-state index contributed by atoms with van der Waals surface area (Å²) in [6.07, 6.45) is 2.99. The van der Waals surface area contributed by atoms with Gasteiger partial charge in [0.2, 0.25) is 5.91 Å². The highest BCUT2D eigenvalue weighted by molar-refractivity contribution is 5.83. The van der Waals surface area contributed by atoms with Gasteiger partial charge in [-0.2, -0.15) is 0 Å². The lowest BCUT2D eigenvalue weighted by atomic mass is 9.91. The van der Waals surface area contributed by atoms with E-state index in [9.17, 15) is 13.6 Å². The summed E-state index contributed by atoms with van der Waals surface area (Å²) in [5, 5.41) is 6.33. The molecule has 2 unspecified atom stereocenters.